The number of hydrogen-bond donors (Lipinski definition) is 2. The Morgan fingerprint density at radius 1 is 1.55 bits per heavy atom. The van der Waals surface area contributed by atoms with Crippen molar-refractivity contribution in [1.29, 1.82) is 0 Å². The molecule has 4 heteroatoms. The van der Waals surface area contributed by atoms with E-state index in [-0.39, 0.29) is 17.2 Å². The van der Waals surface area contributed by atoms with Crippen molar-refractivity contribution in [3.63, 3.8) is 0 Å². The third-order valence-electron chi connectivity index (χ3n) is 1.31. The van der Waals surface area contributed by atoms with Crippen molar-refractivity contribution in [2.45, 2.75) is 6.92 Å². The predicted molar refractivity (Wildman–Crippen MR) is 41.5 cm³/mol. The summed E-state index contributed by atoms with van der Waals surface area (Å²) in [7, 11) is 0. The van der Waals surface area contributed by atoms with E-state index in [2.05, 4.69) is 4.98 Å². The smallest absolute Gasteiger partial charge is 0.260 e. The van der Waals surface area contributed by atoms with Crippen molar-refractivity contribution < 1.29 is 4.79 Å². The van der Waals surface area contributed by atoms with Crippen LogP contribution in [-0.4, -0.2) is 10.8 Å². The van der Waals surface area contributed by atoms with Crippen molar-refractivity contribution >= 4 is 11.6 Å². The lowest BCUT2D eigenvalue weighted by molar-refractivity contribution is 0.101. The summed E-state index contributed by atoms with van der Waals surface area (Å²) in [5.74, 6) is 0.00579. The minimum absolute atomic E-state index is 0.138. The number of nitrogens with two attached hydrogens (primary N) is 1. The number of rotatable bonds is 1. The standard InChI is InChI=1S/C7H8N2O2/c1-4(10)5-2-3-6(8)9-7(5)11/h2-3H,1H3,(H3,8,9,11). The fourth-order valence-electron chi connectivity index (χ4n) is 0.766. The molecule has 58 valence electrons. The fourth-order valence-corrected chi connectivity index (χ4v) is 0.766. The van der Waals surface area contributed by atoms with E-state index in [1.54, 1.807) is 0 Å². The molecule has 4 nitrogen and oxygen atoms in total. The number of ketones is 1. The maximum Gasteiger partial charge on any atom is 0.260 e. The molecule has 0 saturated carbocycles. The minimum atomic E-state index is -0.433. The van der Waals surface area contributed by atoms with Gasteiger partial charge >= 0.3 is 0 Å². The molecule has 1 heterocycles. The Morgan fingerprint density at radius 3 is 2.64 bits per heavy atom. The topological polar surface area (TPSA) is 76.0 Å². The van der Waals surface area contributed by atoms with E-state index in [4.69, 9.17) is 5.73 Å². The van der Waals surface area contributed by atoms with Crippen LogP contribution in [0.2, 0.25) is 0 Å². The van der Waals surface area contributed by atoms with Crippen LogP contribution in [0.4, 0.5) is 5.82 Å². The maximum atomic E-state index is 10.9. The van der Waals surface area contributed by atoms with Gasteiger partial charge in [-0.1, -0.05) is 0 Å². The van der Waals surface area contributed by atoms with Gasteiger partial charge < -0.3 is 10.7 Å². The van der Waals surface area contributed by atoms with Gasteiger partial charge in [-0.15, -0.1) is 0 Å². The molecule has 1 rings (SSSR count). The highest BCUT2D eigenvalue weighted by atomic mass is 16.1. The van der Waals surface area contributed by atoms with E-state index in [0.717, 1.165) is 0 Å². The highest BCUT2D eigenvalue weighted by molar-refractivity contribution is 5.93. The predicted octanol–water partition coefficient (Wildman–Crippen LogP) is 0.160. The van der Waals surface area contributed by atoms with E-state index in [1.165, 1.54) is 19.1 Å². The summed E-state index contributed by atoms with van der Waals surface area (Å²) >= 11 is 0. The molecule has 11 heavy (non-hydrogen) atoms. The van der Waals surface area contributed by atoms with E-state index in [9.17, 15) is 9.59 Å². The summed E-state index contributed by atoms with van der Waals surface area (Å²) < 4.78 is 0. The molecule has 1 aromatic heterocycles. The van der Waals surface area contributed by atoms with Crippen molar-refractivity contribution in [2.75, 3.05) is 5.73 Å². The van der Waals surface area contributed by atoms with Crippen LogP contribution in [0.1, 0.15) is 17.3 Å². The summed E-state index contributed by atoms with van der Waals surface area (Å²) in [6.07, 6.45) is 0. The highest BCUT2D eigenvalue weighted by Crippen LogP contribution is 1.95. The Kier molecular flexibility index (Phi) is 1.76. The molecule has 0 fully saturated rings. The molecule has 0 saturated heterocycles. The Bertz CT molecular complexity index is 341. The first-order valence-electron chi connectivity index (χ1n) is 3.11. The fraction of sp³-hybridized carbons (Fsp3) is 0.143. The van der Waals surface area contributed by atoms with Gasteiger partial charge in [0.05, 0.1) is 5.56 Å². The van der Waals surface area contributed by atoms with Crippen LogP contribution >= 0.6 is 0 Å². The van der Waals surface area contributed by atoms with Gasteiger partial charge in [0.1, 0.15) is 5.82 Å². The monoisotopic (exact) mass is 152 g/mol. The number of pyridine rings is 1. The van der Waals surface area contributed by atoms with Gasteiger partial charge in [0.2, 0.25) is 0 Å². The second kappa shape index (κ2) is 2.57. The van der Waals surface area contributed by atoms with Crippen LogP contribution in [0.15, 0.2) is 16.9 Å². The lowest BCUT2D eigenvalue weighted by atomic mass is 10.2. The number of aromatic amines is 1. The van der Waals surface area contributed by atoms with Gasteiger partial charge in [-0.05, 0) is 19.1 Å². The summed E-state index contributed by atoms with van der Waals surface area (Å²) in [6.45, 7) is 1.33. The molecule has 1 aromatic rings. The number of H-pyrrole nitrogens is 1. The van der Waals surface area contributed by atoms with Crippen molar-refractivity contribution in [2.24, 2.45) is 0 Å². The SMILES string of the molecule is CC(=O)c1ccc(N)[nH]c1=O. The van der Waals surface area contributed by atoms with Gasteiger partial charge in [0.25, 0.3) is 5.56 Å². The first-order valence-corrected chi connectivity index (χ1v) is 3.11. The lowest BCUT2D eigenvalue weighted by Gasteiger charge is -1.94. The number of Topliss-reactive ketones (excluding diaryl/α,β-unsaturated/α-hetero) is 1. The molecular weight excluding hydrogens is 144 g/mol. The van der Waals surface area contributed by atoms with Crippen LogP contribution in [0.25, 0.3) is 0 Å². The summed E-state index contributed by atoms with van der Waals surface area (Å²) in [5, 5.41) is 0. The quantitative estimate of drug-likeness (QED) is 0.563. The third-order valence-corrected chi connectivity index (χ3v) is 1.31. The number of nitrogen functional groups attached to an aromatic ring is 1. The van der Waals surface area contributed by atoms with Gasteiger partial charge in [-0.2, -0.15) is 0 Å². The molecule has 0 bridgehead atoms. The zero-order valence-corrected chi connectivity index (χ0v) is 6.05. The first-order chi connectivity index (χ1) is 5.11. The molecule has 3 N–H and O–H groups in total. The van der Waals surface area contributed by atoms with Crippen LogP contribution in [0.5, 0.6) is 0 Å². The molecule has 0 radical (unpaired) electrons. The van der Waals surface area contributed by atoms with Crippen LogP contribution < -0.4 is 11.3 Å². The van der Waals surface area contributed by atoms with Crippen molar-refractivity contribution in [3.05, 3.63) is 28.0 Å². The molecule has 0 aliphatic heterocycles. The molecular formula is C7H8N2O2. The van der Waals surface area contributed by atoms with Crippen molar-refractivity contribution in [3.8, 4) is 0 Å². The number of carbonyl (C=O) groups excluding carboxylic acids is 1. The number of aromatic nitrogens is 1. The maximum absolute atomic E-state index is 10.9. The molecule has 0 aromatic carbocycles. The molecule has 0 unspecified atom stereocenters. The van der Waals surface area contributed by atoms with E-state index in [0.29, 0.717) is 0 Å². The van der Waals surface area contributed by atoms with Gasteiger partial charge in [-0.25, -0.2) is 0 Å². The van der Waals surface area contributed by atoms with E-state index < -0.39 is 5.56 Å². The van der Waals surface area contributed by atoms with Crippen LogP contribution in [-0.2, 0) is 0 Å². The van der Waals surface area contributed by atoms with Gasteiger partial charge in [0.15, 0.2) is 5.78 Å². The highest BCUT2D eigenvalue weighted by Gasteiger charge is 2.03. The summed E-state index contributed by atoms with van der Waals surface area (Å²) in [4.78, 5) is 24.0. The number of anilines is 1. The number of hydrogen-bond acceptors (Lipinski definition) is 3. The lowest BCUT2D eigenvalue weighted by Crippen LogP contribution is -2.16. The Hall–Kier alpha value is -1.58. The van der Waals surface area contributed by atoms with Crippen LogP contribution in [0, 0.1) is 0 Å². The average molecular weight is 152 g/mol. The molecule has 0 atom stereocenters. The van der Waals surface area contributed by atoms with Gasteiger partial charge in [0, 0.05) is 0 Å². The van der Waals surface area contributed by atoms with Crippen molar-refractivity contribution in [1.82, 2.24) is 4.98 Å². The first kappa shape index (κ1) is 7.53. The Labute approximate surface area is 63.0 Å². The minimum Gasteiger partial charge on any atom is -0.385 e. The summed E-state index contributed by atoms with van der Waals surface area (Å²) in [5.41, 5.74) is 4.97. The average Bonchev–Trinajstić information content (AvgIpc) is 1.85. The molecule has 0 spiro atoms. The number of carbonyl (C=O) groups is 1. The van der Waals surface area contributed by atoms with Crippen LogP contribution in [0.3, 0.4) is 0 Å². The zero-order chi connectivity index (χ0) is 8.43. The van der Waals surface area contributed by atoms with Gasteiger partial charge in [-0.3, -0.25) is 9.59 Å². The normalized spacial score (nSPS) is 9.55. The molecule has 0 aliphatic rings. The largest absolute Gasteiger partial charge is 0.385 e. The second-order valence-corrected chi connectivity index (χ2v) is 2.21. The Balaban J connectivity index is 3.32. The van der Waals surface area contributed by atoms with E-state index >= 15 is 0 Å². The molecule has 0 amide bonds. The Morgan fingerprint density at radius 2 is 2.18 bits per heavy atom. The number of nitrogens with one attached hydrogen (secondary N) is 1. The summed E-state index contributed by atoms with van der Waals surface area (Å²) in [6, 6.07) is 2.90. The molecule has 0 aliphatic carbocycles. The zero-order valence-electron chi connectivity index (χ0n) is 6.05. The third kappa shape index (κ3) is 1.46. The van der Waals surface area contributed by atoms with E-state index in [1.807, 2.05) is 0 Å². The second-order valence-electron chi connectivity index (χ2n) is 2.21.